The van der Waals surface area contributed by atoms with Crippen molar-refractivity contribution >= 4 is 33.4 Å². The van der Waals surface area contributed by atoms with Gasteiger partial charge < -0.3 is 19.1 Å². The Labute approximate surface area is 189 Å². The van der Waals surface area contributed by atoms with Crippen molar-refractivity contribution < 1.29 is 14.2 Å². The molecule has 0 bridgehead atoms. The van der Waals surface area contributed by atoms with Gasteiger partial charge in [0.25, 0.3) is 0 Å². The predicted molar refractivity (Wildman–Crippen MR) is 134 cm³/mol. The molecule has 0 saturated heterocycles. The minimum Gasteiger partial charge on any atom is -0.492 e. The predicted octanol–water partition coefficient (Wildman–Crippen LogP) is 5.17. The van der Waals surface area contributed by atoms with E-state index < -0.39 is 16.1 Å². The zero-order chi connectivity index (χ0) is 23.1. The fraction of sp³-hybridized carbons (Fsp3) is 0.636. The number of aromatic nitrogens is 3. The molecular weight excluding hydrogens is 424 g/mol. The van der Waals surface area contributed by atoms with E-state index in [2.05, 4.69) is 60.8 Å². The van der Waals surface area contributed by atoms with Crippen LogP contribution in [0, 0.1) is 0 Å². The summed E-state index contributed by atoms with van der Waals surface area (Å²) in [6.45, 7) is 23.0. The van der Waals surface area contributed by atoms with Crippen molar-refractivity contribution in [3.63, 3.8) is 0 Å². The summed E-state index contributed by atoms with van der Waals surface area (Å²) in [5, 5.41) is 4.47. The third kappa shape index (κ3) is 8.76. The summed E-state index contributed by atoms with van der Waals surface area (Å²) in [5.74, 6) is 1.40. The maximum atomic E-state index is 6.07. The molecule has 0 aliphatic rings. The number of anilines is 1. The Morgan fingerprint density at radius 2 is 1.61 bits per heavy atom. The van der Waals surface area contributed by atoms with Crippen LogP contribution < -0.4 is 4.90 Å². The van der Waals surface area contributed by atoms with E-state index >= 15 is 0 Å². The molecule has 0 fully saturated rings. The lowest BCUT2D eigenvalue weighted by Gasteiger charge is -2.26. The second-order valence-corrected chi connectivity index (χ2v) is 21.4. The Morgan fingerprint density at radius 3 is 2.13 bits per heavy atom. The van der Waals surface area contributed by atoms with E-state index in [1.54, 1.807) is 6.20 Å². The Hall–Kier alpha value is -1.69. The van der Waals surface area contributed by atoms with Gasteiger partial charge in [-0.3, -0.25) is 0 Å². The molecule has 0 amide bonds. The Bertz CT molecular complexity index is 821. The van der Waals surface area contributed by atoms with E-state index in [0.29, 0.717) is 31.5 Å². The quantitative estimate of drug-likeness (QED) is 0.166. The van der Waals surface area contributed by atoms with E-state index in [-0.39, 0.29) is 0 Å². The maximum absolute atomic E-state index is 6.07. The van der Waals surface area contributed by atoms with Crippen molar-refractivity contribution in [2.45, 2.75) is 58.3 Å². The molecular formula is C22H40N4O3Si2. The monoisotopic (exact) mass is 464 g/mol. The van der Waals surface area contributed by atoms with Gasteiger partial charge in [0.15, 0.2) is 5.65 Å². The van der Waals surface area contributed by atoms with Gasteiger partial charge in [-0.1, -0.05) is 45.9 Å². The third-order valence-corrected chi connectivity index (χ3v) is 8.16. The standard InChI is InChI=1S/C22H40N4O3Si2/c1-9-29-19(2)20-16-22(26-21(24-20)10-11-23-26)25(17-27-12-14-30(3,4)5)18-28-13-15-31(6,7)8/h10-11,16H,2,9,12-15,17-18H2,1,3-8H3. The van der Waals surface area contributed by atoms with Gasteiger partial charge in [0.05, 0.1) is 12.8 Å². The minimum absolute atomic E-state index is 0.428. The SMILES string of the molecule is C=C(OCC)c1cc(N(COCC[Si](C)(C)C)COCC[Si](C)(C)C)n2nccc2n1. The summed E-state index contributed by atoms with van der Waals surface area (Å²) in [6, 6.07) is 6.07. The molecule has 0 N–H and O–H groups in total. The van der Waals surface area contributed by atoms with Gasteiger partial charge in [-0.05, 0) is 19.0 Å². The minimum atomic E-state index is -1.15. The topological polar surface area (TPSA) is 61.1 Å². The van der Waals surface area contributed by atoms with Crippen LogP contribution in [0.3, 0.4) is 0 Å². The molecule has 2 aromatic rings. The second kappa shape index (κ2) is 11.3. The molecule has 2 heterocycles. The maximum Gasteiger partial charge on any atom is 0.158 e. The Morgan fingerprint density at radius 1 is 1.03 bits per heavy atom. The molecule has 7 nitrogen and oxygen atoms in total. The number of fused-ring (bicyclic) bond motifs is 1. The van der Waals surface area contributed by atoms with Crippen LogP contribution in [0.15, 0.2) is 24.9 Å². The smallest absolute Gasteiger partial charge is 0.158 e. The van der Waals surface area contributed by atoms with Gasteiger partial charge in [0.1, 0.15) is 30.7 Å². The first-order valence-corrected chi connectivity index (χ1v) is 18.5. The van der Waals surface area contributed by atoms with E-state index in [1.807, 2.05) is 23.6 Å². The van der Waals surface area contributed by atoms with Crippen molar-refractivity contribution in [1.29, 1.82) is 0 Å². The highest BCUT2D eigenvalue weighted by Gasteiger charge is 2.18. The first kappa shape index (κ1) is 25.6. The number of hydrogen-bond acceptors (Lipinski definition) is 6. The van der Waals surface area contributed by atoms with Crippen molar-refractivity contribution in [1.82, 2.24) is 14.6 Å². The lowest BCUT2D eigenvalue weighted by Crippen LogP contribution is -2.33. The van der Waals surface area contributed by atoms with E-state index in [1.165, 1.54) is 0 Å². The van der Waals surface area contributed by atoms with Crippen LogP contribution in [0.5, 0.6) is 0 Å². The molecule has 0 atom stereocenters. The third-order valence-electron chi connectivity index (χ3n) is 4.76. The number of rotatable bonds is 14. The summed E-state index contributed by atoms with van der Waals surface area (Å²) in [4.78, 5) is 6.70. The summed E-state index contributed by atoms with van der Waals surface area (Å²) >= 11 is 0. The molecule has 0 aliphatic carbocycles. The molecule has 0 aromatic carbocycles. The van der Waals surface area contributed by atoms with Crippen molar-refractivity contribution in [3.8, 4) is 0 Å². The van der Waals surface area contributed by atoms with E-state index in [4.69, 9.17) is 14.2 Å². The van der Waals surface area contributed by atoms with Crippen LogP contribution in [-0.4, -0.2) is 64.0 Å². The van der Waals surface area contributed by atoms with Crippen LogP contribution in [0.25, 0.3) is 11.4 Å². The largest absolute Gasteiger partial charge is 0.492 e. The first-order valence-electron chi connectivity index (χ1n) is 11.1. The Balaban J connectivity index is 2.22. The average molecular weight is 465 g/mol. The van der Waals surface area contributed by atoms with Crippen molar-refractivity contribution in [2.24, 2.45) is 0 Å². The average Bonchev–Trinajstić information content (AvgIpc) is 3.13. The van der Waals surface area contributed by atoms with Crippen LogP contribution in [0.4, 0.5) is 5.82 Å². The molecule has 2 rings (SSSR count). The van der Waals surface area contributed by atoms with Crippen LogP contribution in [-0.2, 0) is 14.2 Å². The highest BCUT2D eigenvalue weighted by molar-refractivity contribution is 6.76. The van der Waals surface area contributed by atoms with Crippen molar-refractivity contribution in [2.75, 3.05) is 38.2 Å². The van der Waals surface area contributed by atoms with Gasteiger partial charge in [-0.15, -0.1) is 0 Å². The van der Waals surface area contributed by atoms with Crippen LogP contribution in [0.1, 0.15) is 12.6 Å². The van der Waals surface area contributed by atoms with Gasteiger partial charge in [-0.25, -0.2) is 4.98 Å². The molecule has 9 heteroatoms. The van der Waals surface area contributed by atoms with E-state index in [9.17, 15) is 0 Å². The first-order chi connectivity index (χ1) is 14.5. The molecule has 0 radical (unpaired) electrons. The lowest BCUT2D eigenvalue weighted by molar-refractivity contribution is 0.0942. The zero-order valence-electron chi connectivity index (χ0n) is 20.4. The van der Waals surface area contributed by atoms with Gasteiger partial charge in [-0.2, -0.15) is 9.61 Å². The van der Waals surface area contributed by atoms with Crippen LogP contribution in [0.2, 0.25) is 51.4 Å². The summed E-state index contributed by atoms with van der Waals surface area (Å²) in [5.41, 5.74) is 1.43. The van der Waals surface area contributed by atoms with Gasteiger partial charge >= 0.3 is 0 Å². The van der Waals surface area contributed by atoms with Gasteiger partial charge in [0.2, 0.25) is 0 Å². The number of ether oxygens (including phenoxy) is 3. The molecule has 31 heavy (non-hydrogen) atoms. The molecule has 174 valence electrons. The Kier molecular flexibility index (Phi) is 9.29. The van der Waals surface area contributed by atoms with Crippen molar-refractivity contribution in [3.05, 3.63) is 30.6 Å². The molecule has 0 spiro atoms. The number of hydrogen-bond donors (Lipinski definition) is 0. The summed E-state index contributed by atoms with van der Waals surface area (Å²) in [7, 11) is -2.30. The summed E-state index contributed by atoms with van der Waals surface area (Å²) < 4.78 is 19.6. The normalized spacial score (nSPS) is 12.4. The fourth-order valence-corrected chi connectivity index (χ4v) is 4.30. The number of nitrogens with zero attached hydrogens (tertiary/aromatic N) is 4. The molecule has 0 unspecified atom stereocenters. The van der Waals surface area contributed by atoms with Gasteiger partial charge in [0, 0.05) is 41.5 Å². The zero-order valence-corrected chi connectivity index (χ0v) is 22.4. The lowest BCUT2D eigenvalue weighted by atomic mass is 10.3. The van der Waals surface area contributed by atoms with Crippen LogP contribution >= 0.6 is 0 Å². The summed E-state index contributed by atoms with van der Waals surface area (Å²) in [6.07, 6.45) is 1.75. The highest BCUT2D eigenvalue weighted by Crippen LogP contribution is 2.22. The fourth-order valence-electron chi connectivity index (χ4n) is 2.79. The molecule has 0 aliphatic heterocycles. The second-order valence-electron chi connectivity index (χ2n) is 10.2. The molecule has 2 aromatic heterocycles. The highest BCUT2D eigenvalue weighted by atomic mass is 28.3. The van der Waals surface area contributed by atoms with E-state index in [0.717, 1.165) is 36.8 Å². The molecule has 0 saturated carbocycles.